The van der Waals surface area contributed by atoms with E-state index in [2.05, 4.69) is 21.5 Å². The maximum Gasteiger partial charge on any atom is 0.251 e. The number of aromatic nitrogens is 2. The zero-order valence-corrected chi connectivity index (χ0v) is 11.6. The molecule has 1 heterocycles. The summed E-state index contributed by atoms with van der Waals surface area (Å²) < 4.78 is 5.06. The van der Waals surface area contributed by atoms with E-state index in [-0.39, 0.29) is 11.9 Å². The van der Waals surface area contributed by atoms with Crippen LogP contribution in [0.15, 0.2) is 22.7 Å². The molecule has 1 aliphatic rings. The molecule has 1 aliphatic carbocycles. The highest BCUT2D eigenvalue weighted by atomic mass is 16.5. The standard InChI is InChI=1S/C15H17N3O2/c1-9(15-17-10(2)18-20-15)16-14(19)13-7-6-11-4-3-5-12(11)8-13/h6-9H,3-5H2,1-2H3,(H,16,19)/t9-/m1/s1. The number of nitrogens with zero attached hydrogens (tertiary/aromatic N) is 2. The lowest BCUT2D eigenvalue weighted by Crippen LogP contribution is -2.27. The van der Waals surface area contributed by atoms with Gasteiger partial charge in [-0.2, -0.15) is 4.98 Å². The molecule has 1 N–H and O–H groups in total. The number of hydrogen-bond acceptors (Lipinski definition) is 4. The first-order valence-corrected chi connectivity index (χ1v) is 6.86. The first-order valence-electron chi connectivity index (χ1n) is 6.86. The molecule has 20 heavy (non-hydrogen) atoms. The van der Waals surface area contributed by atoms with Crippen LogP contribution in [-0.2, 0) is 12.8 Å². The zero-order valence-electron chi connectivity index (χ0n) is 11.6. The third-order valence-corrected chi connectivity index (χ3v) is 3.62. The Hall–Kier alpha value is -2.17. The Balaban J connectivity index is 1.73. The van der Waals surface area contributed by atoms with E-state index in [4.69, 9.17) is 4.52 Å². The van der Waals surface area contributed by atoms with Crippen molar-refractivity contribution in [2.24, 2.45) is 0 Å². The third-order valence-electron chi connectivity index (χ3n) is 3.62. The van der Waals surface area contributed by atoms with Gasteiger partial charge in [0.2, 0.25) is 5.89 Å². The Morgan fingerprint density at radius 2 is 2.15 bits per heavy atom. The summed E-state index contributed by atoms with van der Waals surface area (Å²) in [4.78, 5) is 16.4. The molecule has 0 spiro atoms. The van der Waals surface area contributed by atoms with Gasteiger partial charge in [-0.05, 0) is 56.4 Å². The van der Waals surface area contributed by atoms with Crippen molar-refractivity contribution in [1.29, 1.82) is 0 Å². The van der Waals surface area contributed by atoms with Crippen molar-refractivity contribution in [1.82, 2.24) is 15.5 Å². The molecule has 2 aromatic rings. The van der Waals surface area contributed by atoms with Crippen molar-refractivity contribution in [3.63, 3.8) is 0 Å². The van der Waals surface area contributed by atoms with Crippen molar-refractivity contribution in [3.05, 3.63) is 46.6 Å². The predicted molar refractivity (Wildman–Crippen MR) is 73.4 cm³/mol. The van der Waals surface area contributed by atoms with Crippen molar-refractivity contribution < 1.29 is 9.32 Å². The van der Waals surface area contributed by atoms with E-state index >= 15 is 0 Å². The molecule has 0 aliphatic heterocycles. The quantitative estimate of drug-likeness (QED) is 0.930. The van der Waals surface area contributed by atoms with E-state index < -0.39 is 0 Å². The van der Waals surface area contributed by atoms with Gasteiger partial charge in [0, 0.05) is 5.56 Å². The number of rotatable bonds is 3. The summed E-state index contributed by atoms with van der Waals surface area (Å²) in [6, 6.07) is 5.63. The second-order valence-corrected chi connectivity index (χ2v) is 5.21. The van der Waals surface area contributed by atoms with E-state index in [0.717, 1.165) is 12.8 Å². The number of nitrogens with one attached hydrogen (secondary N) is 1. The first-order chi connectivity index (χ1) is 9.63. The lowest BCUT2D eigenvalue weighted by molar-refractivity contribution is 0.0932. The van der Waals surface area contributed by atoms with Crippen LogP contribution in [0, 0.1) is 6.92 Å². The topological polar surface area (TPSA) is 68.0 Å². The minimum Gasteiger partial charge on any atom is -0.341 e. The fraction of sp³-hybridized carbons (Fsp3) is 0.400. The SMILES string of the molecule is Cc1noc([C@@H](C)NC(=O)c2ccc3c(c2)CCC3)n1. The van der Waals surface area contributed by atoms with Crippen LogP contribution in [0.5, 0.6) is 0 Å². The second-order valence-electron chi connectivity index (χ2n) is 5.21. The molecule has 5 nitrogen and oxygen atoms in total. The lowest BCUT2D eigenvalue weighted by atomic mass is 10.1. The van der Waals surface area contributed by atoms with Crippen LogP contribution in [0.3, 0.4) is 0 Å². The number of carbonyl (C=O) groups excluding carboxylic acids is 1. The zero-order chi connectivity index (χ0) is 14.1. The molecule has 0 saturated heterocycles. The molecule has 0 unspecified atom stereocenters. The van der Waals surface area contributed by atoms with Gasteiger partial charge < -0.3 is 9.84 Å². The monoisotopic (exact) mass is 271 g/mol. The molecule has 5 heteroatoms. The van der Waals surface area contributed by atoms with Crippen LogP contribution in [0.2, 0.25) is 0 Å². The van der Waals surface area contributed by atoms with Gasteiger partial charge in [0.05, 0.1) is 0 Å². The summed E-state index contributed by atoms with van der Waals surface area (Å²) in [6.07, 6.45) is 3.36. The Labute approximate surface area is 117 Å². The van der Waals surface area contributed by atoms with E-state index in [1.165, 1.54) is 17.5 Å². The summed E-state index contributed by atoms with van der Waals surface area (Å²) in [5, 5.41) is 6.61. The Morgan fingerprint density at radius 3 is 2.90 bits per heavy atom. The normalized spacial score (nSPS) is 14.9. The van der Waals surface area contributed by atoms with Gasteiger partial charge in [-0.15, -0.1) is 0 Å². The Morgan fingerprint density at radius 1 is 1.35 bits per heavy atom. The van der Waals surface area contributed by atoms with Crippen molar-refractivity contribution in [2.75, 3.05) is 0 Å². The molecule has 0 radical (unpaired) electrons. The van der Waals surface area contributed by atoms with E-state index in [0.29, 0.717) is 17.3 Å². The lowest BCUT2D eigenvalue weighted by Gasteiger charge is -2.10. The first kappa shape index (κ1) is 12.8. The Kier molecular flexibility index (Phi) is 3.26. The smallest absolute Gasteiger partial charge is 0.251 e. The molecule has 1 aromatic carbocycles. The van der Waals surface area contributed by atoms with Gasteiger partial charge in [0.15, 0.2) is 5.82 Å². The number of aryl methyl sites for hydroxylation is 3. The number of amides is 1. The van der Waals surface area contributed by atoms with Crippen molar-refractivity contribution in [3.8, 4) is 0 Å². The second kappa shape index (κ2) is 5.07. The van der Waals surface area contributed by atoms with Crippen molar-refractivity contribution in [2.45, 2.75) is 39.2 Å². The fourth-order valence-electron chi connectivity index (χ4n) is 2.54. The van der Waals surface area contributed by atoms with Crippen LogP contribution >= 0.6 is 0 Å². The van der Waals surface area contributed by atoms with Gasteiger partial charge >= 0.3 is 0 Å². The summed E-state index contributed by atoms with van der Waals surface area (Å²) in [6.45, 7) is 3.58. The molecular weight excluding hydrogens is 254 g/mol. The fourth-order valence-corrected chi connectivity index (χ4v) is 2.54. The van der Waals surface area contributed by atoms with E-state index in [9.17, 15) is 4.79 Å². The number of benzene rings is 1. The molecule has 104 valence electrons. The largest absolute Gasteiger partial charge is 0.341 e. The van der Waals surface area contributed by atoms with Crippen LogP contribution in [-0.4, -0.2) is 16.0 Å². The van der Waals surface area contributed by atoms with Gasteiger partial charge in [0.25, 0.3) is 5.91 Å². The number of hydrogen-bond donors (Lipinski definition) is 1. The van der Waals surface area contributed by atoms with Gasteiger partial charge in [0.1, 0.15) is 6.04 Å². The summed E-state index contributed by atoms with van der Waals surface area (Å²) in [5.41, 5.74) is 3.34. The highest BCUT2D eigenvalue weighted by Gasteiger charge is 2.18. The van der Waals surface area contributed by atoms with Crippen LogP contribution in [0.4, 0.5) is 0 Å². The molecule has 0 saturated carbocycles. The van der Waals surface area contributed by atoms with Gasteiger partial charge in [-0.3, -0.25) is 4.79 Å². The minimum absolute atomic E-state index is 0.108. The number of carbonyl (C=O) groups is 1. The van der Waals surface area contributed by atoms with E-state index in [1.807, 2.05) is 19.1 Å². The highest BCUT2D eigenvalue weighted by Crippen LogP contribution is 2.23. The maximum atomic E-state index is 12.2. The van der Waals surface area contributed by atoms with Crippen LogP contribution < -0.4 is 5.32 Å². The third kappa shape index (κ3) is 2.43. The molecule has 1 aromatic heterocycles. The molecular formula is C15H17N3O2. The average molecular weight is 271 g/mol. The van der Waals surface area contributed by atoms with Crippen molar-refractivity contribution >= 4 is 5.91 Å². The molecule has 1 atom stereocenters. The Bertz CT molecular complexity index is 648. The molecule has 3 rings (SSSR count). The molecule has 0 fully saturated rings. The summed E-state index contributed by atoms with van der Waals surface area (Å²) in [7, 11) is 0. The molecule has 1 amide bonds. The predicted octanol–water partition coefficient (Wildman–Crippen LogP) is 2.36. The minimum atomic E-state index is -0.294. The summed E-state index contributed by atoms with van der Waals surface area (Å²) >= 11 is 0. The van der Waals surface area contributed by atoms with Gasteiger partial charge in [-0.1, -0.05) is 11.2 Å². The average Bonchev–Trinajstić information content (AvgIpc) is 3.05. The van der Waals surface area contributed by atoms with Gasteiger partial charge in [-0.25, -0.2) is 0 Å². The highest BCUT2D eigenvalue weighted by molar-refractivity contribution is 5.94. The molecule has 0 bridgehead atoms. The maximum absolute atomic E-state index is 12.2. The number of fused-ring (bicyclic) bond motifs is 1. The van der Waals surface area contributed by atoms with Crippen LogP contribution in [0.25, 0.3) is 0 Å². The van der Waals surface area contributed by atoms with Crippen LogP contribution in [0.1, 0.15) is 52.6 Å². The summed E-state index contributed by atoms with van der Waals surface area (Å²) in [5.74, 6) is 0.888. The van der Waals surface area contributed by atoms with E-state index in [1.54, 1.807) is 6.92 Å².